The van der Waals surface area contributed by atoms with Crippen molar-refractivity contribution in [2.24, 2.45) is 0 Å². The van der Waals surface area contributed by atoms with Crippen LogP contribution >= 0.6 is 11.3 Å². The van der Waals surface area contributed by atoms with E-state index in [9.17, 15) is 9.18 Å². The summed E-state index contributed by atoms with van der Waals surface area (Å²) in [6.07, 6.45) is 3.35. The Balaban J connectivity index is 0.00000136. The number of hydroxylamine groups is 1. The van der Waals surface area contributed by atoms with Gasteiger partial charge in [-0.05, 0) is 31.0 Å². The Morgan fingerprint density at radius 1 is 1.36 bits per heavy atom. The lowest BCUT2D eigenvalue weighted by Crippen LogP contribution is -2.24. The van der Waals surface area contributed by atoms with Crippen molar-refractivity contribution in [3.63, 3.8) is 0 Å². The van der Waals surface area contributed by atoms with Crippen LogP contribution in [0, 0.1) is 12.7 Å². The summed E-state index contributed by atoms with van der Waals surface area (Å²) in [7, 11) is 0. The fraction of sp³-hybridized carbons (Fsp3) is 0.316. The van der Waals surface area contributed by atoms with Crippen molar-refractivity contribution in [1.29, 1.82) is 0 Å². The lowest BCUT2D eigenvalue weighted by molar-refractivity contribution is 0.0266. The third kappa shape index (κ3) is 5.22. The highest BCUT2D eigenvalue weighted by molar-refractivity contribution is 7.21. The van der Waals surface area contributed by atoms with E-state index < -0.39 is 11.7 Å². The number of hydrogen-bond acceptors (Lipinski definition) is 7. The number of nitrogens with zero attached hydrogens (tertiary/aromatic N) is 2. The average molecular weight is 406 g/mol. The topological polar surface area (TPSA) is 96.4 Å². The SMILES string of the molecule is CC.Cc1ccc(Nc2c(C(=O)NOCCCO)sc3ncncc23)c(F)c1. The molecule has 0 aliphatic carbocycles. The zero-order valence-electron chi connectivity index (χ0n) is 16.0. The Morgan fingerprint density at radius 3 is 2.86 bits per heavy atom. The smallest absolute Gasteiger partial charge is 0.287 e. The standard InChI is InChI=1S/C17H17FN4O3S.C2H6/c1-10-3-4-13(12(18)7-10)21-14-11-8-19-9-20-17(11)26-15(14)16(24)22-25-6-2-5-23;1-2/h3-4,7-9,21,23H,2,5-6H2,1H3,(H,22,24);1-2H3. The van der Waals surface area contributed by atoms with Gasteiger partial charge in [0.2, 0.25) is 0 Å². The minimum atomic E-state index is -0.485. The van der Waals surface area contributed by atoms with Gasteiger partial charge in [-0.15, -0.1) is 11.3 Å². The van der Waals surface area contributed by atoms with Gasteiger partial charge in [-0.1, -0.05) is 19.9 Å². The number of hydrogen-bond donors (Lipinski definition) is 3. The van der Waals surface area contributed by atoms with Crippen molar-refractivity contribution in [3.05, 3.63) is 47.0 Å². The first-order chi connectivity index (χ1) is 13.6. The Kier molecular flexibility index (Phi) is 8.24. The molecule has 3 rings (SSSR count). The zero-order valence-corrected chi connectivity index (χ0v) is 16.8. The molecule has 3 N–H and O–H groups in total. The minimum absolute atomic E-state index is 0.0339. The van der Waals surface area contributed by atoms with E-state index >= 15 is 0 Å². The number of aliphatic hydroxyl groups is 1. The van der Waals surface area contributed by atoms with Gasteiger partial charge in [-0.2, -0.15) is 0 Å². The molecule has 2 heterocycles. The maximum atomic E-state index is 14.2. The van der Waals surface area contributed by atoms with Crippen LogP contribution in [0.1, 0.15) is 35.5 Å². The molecule has 3 aromatic rings. The molecule has 0 aliphatic rings. The van der Waals surface area contributed by atoms with Crippen LogP contribution in [0.2, 0.25) is 0 Å². The molecule has 0 unspecified atom stereocenters. The summed E-state index contributed by atoms with van der Waals surface area (Å²) in [4.78, 5) is 26.5. The Labute approximate surface area is 166 Å². The second-order valence-electron chi connectivity index (χ2n) is 5.51. The molecule has 0 bridgehead atoms. The quantitative estimate of drug-likeness (QED) is 0.406. The Bertz CT molecular complexity index is 933. The molecular weight excluding hydrogens is 383 g/mol. The van der Waals surface area contributed by atoms with Gasteiger partial charge in [-0.25, -0.2) is 19.8 Å². The predicted octanol–water partition coefficient (Wildman–Crippen LogP) is 3.95. The van der Waals surface area contributed by atoms with Crippen molar-refractivity contribution in [3.8, 4) is 0 Å². The molecule has 0 saturated heterocycles. The van der Waals surface area contributed by atoms with E-state index in [-0.39, 0.29) is 18.9 Å². The molecule has 150 valence electrons. The molecule has 0 saturated carbocycles. The normalized spacial score (nSPS) is 10.3. The molecule has 0 aliphatic heterocycles. The first kappa shape index (κ1) is 21.7. The van der Waals surface area contributed by atoms with Crippen LogP contribution in [-0.2, 0) is 4.84 Å². The summed E-state index contributed by atoms with van der Waals surface area (Å²) in [5, 5.41) is 12.3. The molecule has 7 nitrogen and oxygen atoms in total. The number of halogens is 1. The molecule has 1 amide bonds. The van der Waals surface area contributed by atoms with E-state index in [1.165, 1.54) is 12.4 Å². The lowest BCUT2D eigenvalue weighted by atomic mass is 10.2. The average Bonchev–Trinajstić information content (AvgIpc) is 3.07. The van der Waals surface area contributed by atoms with Gasteiger partial charge in [0.25, 0.3) is 5.91 Å². The number of amides is 1. The molecule has 1 aromatic carbocycles. The number of benzene rings is 1. The van der Waals surface area contributed by atoms with E-state index in [0.717, 1.165) is 16.9 Å². The highest BCUT2D eigenvalue weighted by Gasteiger charge is 2.20. The molecule has 28 heavy (non-hydrogen) atoms. The number of rotatable bonds is 7. The molecule has 0 radical (unpaired) electrons. The van der Waals surface area contributed by atoms with Crippen molar-refractivity contribution in [2.45, 2.75) is 27.2 Å². The predicted molar refractivity (Wildman–Crippen MR) is 108 cm³/mol. The number of aliphatic hydroxyl groups excluding tert-OH is 1. The van der Waals surface area contributed by atoms with Crippen molar-refractivity contribution in [1.82, 2.24) is 15.4 Å². The van der Waals surface area contributed by atoms with Crippen LogP contribution < -0.4 is 10.8 Å². The summed E-state index contributed by atoms with van der Waals surface area (Å²) >= 11 is 1.15. The van der Waals surface area contributed by atoms with Crippen LogP contribution in [-0.4, -0.2) is 34.2 Å². The number of thiophene rings is 1. The number of carbonyl (C=O) groups excluding carboxylic acids is 1. The number of aromatic nitrogens is 2. The summed E-state index contributed by atoms with van der Waals surface area (Å²) < 4.78 is 14.2. The van der Waals surface area contributed by atoms with E-state index in [4.69, 9.17) is 9.94 Å². The van der Waals surface area contributed by atoms with Crippen molar-refractivity contribution >= 4 is 38.8 Å². The lowest BCUT2D eigenvalue weighted by Gasteiger charge is -2.10. The van der Waals surface area contributed by atoms with E-state index in [1.807, 2.05) is 13.8 Å². The molecule has 0 atom stereocenters. The first-order valence-electron chi connectivity index (χ1n) is 8.89. The van der Waals surface area contributed by atoms with Crippen LogP contribution in [0.15, 0.2) is 30.7 Å². The molecule has 0 spiro atoms. The van der Waals surface area contributed by atoms with Crippen molar-refractivity contribution < 1.29 is 19.1 Å². The summed E-state index contributed by atoms with van der Waals surface area (Å²) in [5.41, 5.74) is 3.77. The molecule has 0 fully saturated rings. The Morgan fingerprint density at radius 2 is 2.14 bits per heavy atom. The number of fused-ring (bicyclic) bond motifs is 1. The van der Waals surface area contributed by atoms with Crippen LogP contribution in [0.5, 0.6) is 0 Å². The third-order valence-electron chi connectivity index (χ3n) is 3.53. The van der Waals surface area contributed by atoms with Gasteiger partial charge in [0.15, 0.2) is 0 Å². The van der Waals surface area contributed by atoms with Gasteiger partial charge in [0, 0.05) is 12.8 Å². The van der Waals surface area contributed by atoms with Crippen LogP contribution in [0.3, 0.4) is 0 Å². The van der Waals surface area contributed by atoms with Gasteiger partial charge in [0.05, 0.1) is 23.4 Å². The minimum Gasteiger partial charge on any atom is -0.396 e. The highest BCUT2D eigenvalue weighted by Crippen LogP contribution is 2.36. The molecule has 2 aromatic heterocycles. The monoisotopic (exact) mass is 406 g/mol. The number of anilines is 2. The second-order valence-corrected chi connectivity index (χ2v) is 6.51. The van der Waals surface area contributed by atoms with Gasteiger partial charge < -0.3 is 10.4 Å². The fourth-order valence-corrected chi connectivity index (χ4v) is 3.24. The number of nitrogens with one attached hydrogen (secondary N) is 2. The van der Waals surface area contributed by atoms with Gasteiger partial charge >= 0.3 is 0 Å². The van der Waals surface area contributed by atoms with Gasteiger partial charge in [0.1, 0.15) is 21.9 Å². The third-order valence-corrected chi connectivity index (χ3v) is 4.64. The molecular formula is C19H23FN4O3S. The summed E-state index contributed by atoms with van der Waals surface area (Å²) in [6, 6.07) is 4.79. The maximum Gasteiger partial charge on any atom is 0.287 e. The first-order valence-corrected chi connectivity index (χ1v) is 9.70. The Hall–Kier alpha value is -2.62. The number of carbonyl (C=O) groups is 1. The van der Waals surface area contributed by atoms with E-state index in [0.29, 0.717) is 27.2 Å². The van der Waals surface area contributed by atoms with Crippen LogP contribution in [0.4, 0.5) is 15.8 Å². The van der Waals surface area contributed by atoms with Gasteiger partial charge in [-0.3, -0.25) is 9.63 Å². The molecule has 9 heteroatoms. The second kappa shape index (κ2) is 10.6. The van der Waals surface area contributed by atoms with E-state index in [2.05, 4.69) is 20.8 Å². The highest BCUT2D eigenvalue weighted by atomic mass is 32.1. The summed E-state index contributed by atoms with van der Waals surface area (Å²) in [5.74, 6) is -0.910. The fourth-order valence-electron chi connectivity index (χ4n) is 2.28. The van der Waals surface area contributed by atoms with Crippen molar-refractivity contribution in [2.75, 3.05) is 18.5 Å². The maximum absolute atomic E-state index is 14.2. The number of aryl methyl sites for hydroxylation is 1. The zero-order chi connectivity index (χ0) is 20.5. The summed E-state index contributed by atoms with van der Waals surface area (Å²) in [6.45, 7) is 5.94. The van der Waals surface area contributed by atoms with E-state index in [1.54, 1.807) is 25.3 Å². The largest absolute Gasteiger partial charge is 0.396 e. The van der Waals surface area contributed by atoms with Crippen LogP contribution in [0.25, 0.3) is 10.2 Å².